The molecule has 1 aromatic heterocycles. The van der Waals surface area contributed by atoms with E-state index in [9.17, 15) is 4.91 Å². The molecule has 3 aliphatic rings. The third-order valence-corrected chi connectivity index (χ3v) is 8.32. The fraction of sp³-hybridized carbons (Fsp3) is 0.389. The maximum atomic E-state index is 10.5. The molecule has 5 rings (SSSR count). The molecule has 3 heterocycles. The molecule has 2 atom stereocenters. The second-order valence-corrected chi connectivity index (χ2v) is 11.6. The average Bonchev–Trinajstić information content (AvgIpc) is 3.06. The van der Waals surface area contributed by atoms with Gasteiger partial charge in [-0.1, -0.05) is 61.6 Å². The summed E-state index contributed by atoms with van der Waals surface area (Å²) in [5.41, 5.74) is 8.29. The van der Waals surface area contributed by atoms with Crippen molar-refractivity contribution in [3.63, 3.8) is 0 Å². The molecule has 1 N–H and O–H groups in total. The summed E-state index contributed by atoms with van der Waals surface area (Å²) in [5.74, 6) is 8.45. The van der Waals surface area contributed by atoms with E-state index in [2.05, 4.69) is 98.0 Å². The van der Waals surface area contributed by atoms with Gasteiger partial charge < -0.3 is 14.6 Å². The first-order chi connectivity index (χ1) is 21.5. The van der Waals surface area contributed by atoms with Crippen LogP contribution in [-0.2, 0) is 6.54 Å². The van der Waals surface area contributed by atoms with Crippen molar-refractivity contribution < 1.29 is 4.74 Å². The van der Waals surface area contributed by atoms with Crippen molar-refractivity contribution in [3.05, 3.63) is 108 Å². The van der Waals surface area contributed by atoms with Crippen LogP contribution in [0.25, 0.3) is 11.4 Å². The van der Waals surface area contributed by atoms with Gasteiger partial charge in [0.1, 0.15) is 0 Å². The maximum absolute atomic E-state index is 10.5. The predicted octanol–water partition coefficient (Wildman–Crippen LogP) is 6.58. The number of allylic oxidation sites excluding steroid dienone is 4. The van der Waals surface area contributed by atoms with Crippen LogP contribution in [0, 0.1) is 28.6 Å². The van der Waals surface area contributed by atoms with Gasteiger partial charge in [-0.15, -0.1) is 10.8 Å². The highest BCUT2D eigenvalue weighted by Crippen LogP contribution is 2.25. The number of piperidine rings is 1. The number of nitroso groups, excluding NO2 is 1. The molecule has 0 bridgehead atoms. The molecule has 0 spiro atoms. The zero-order valence-corrected chi connectivity index (χ0v) is 25.6. The highest BCUT2D eigenvalue weighted by molar-refractivity contribution is 5.56. The van der Waals surface area contributed by atoms with E-state index in [1.807, 2.05) is 19.1 Å². The third-order valence-electron chi connectivity index (χ3n) is 8.32. The molecule has 0 saturated carbocycles. The molecule has 1 aliphatic carbocycles. The molecule has 2 aliphatic heterocycles. The van der Waals surface area contributed by atoms with Gasteiger partial charge >= 0.3 is 0 Å². The van der Waals surface area contributed by atoms with Gasteiger partial charge in [-0.3, -0.25) is 0 Å². The third kappa shape index (κ3) is 8.62. The monoisotopic (exact) mass is 590 g/mol. The van der Waals surface area contributed by atoms with Crippen LogP contribution in [0.4, 0.5) is 0 Å². The lowest BCUT2D eigenvalue weighted by Crippen LogP contribution is -2.45. The fourth-order valence-corrected chi connectivity index (χ4v) is 5.80. The van der Waals surface area contributed by atoms with Gasteiger partial charge in [-0.25, -0.2) is 15.4 Å². The highest BCUT2D eigenvalue weighted by atomic mass is 16.5. The second-order valence-electron chi connectivity index (χ2n) is 11.6. The van der Waals surface area contributed by atoms with E-state index >= 15 is 0 Å². The van der Waals surface area contributed by atoms with E-state index in [1.165, 1.54) is 5.57 Å². The zero-order valence-electron chi connectivity index (χ0n) is 25.6. The van der Waals surface area contributed by atoms with Gasteiger partial charge in [0.15, 0.2) is 11.6 Å². The van der Waals surface area contributed by atoms with E-state index < -0.39 is 0 Å². The number of benzene rings is 1. The number of hydrogen-bond donors (Lipinski definition) is 1. The number of likely N-dealkylation sites (tertiary alicyclic amines) is 1. The summed E-state index contributed by atoms with van der Waals surface area (Å²) in [6.07, 6.45) is 19.2. The Hall–Kier alpha value is -4.32. The molecule has 228 valence electrons. The molecule has 0 amide bonds. The number of rotatable bonds is 12. The Balaban J connectivity index is 1.11. The van der Waals surface area contributed by atoms with Crippen molar-refractivity contribution in [2.24, 2.45) is 17.0 Å². The van der Waals surface area contributed by atoms with Gasteiger partial charge in [-0.2, -0.15) is 0 Å². The second kappa shape index (κ2) is 15.4. The molecule has 1 saturated heterocycles. The standard InChI is InChI=1S/C36H42N6O2/c1-4-8-29-10-5-12-32(21-29)35-15-14-28(3)42(39-35)25-31-11-6-13-33(22-31)36-37-23-34(24-38-36)44-26-30-16-19-41(20-17-30)18-7-9-27(2)40-43/h5-6,11-15,21-24,29-30,35,39H,2-3,7,9-10,16-20,25-26H2,1H3. The van der Waals surface area contributed by atoms with E-state index in [4.69, 9.17) is 4.74 Å². The van der Waals surface area contributed by atoms with Crippen molar-refractivity contribution in [1.29, 1.82) is 0 Å². The Bertz CT molecular complexity index is 1470. The number of aromatic nitrogens is 2. The van der Waals surface area contributed by atoms with Gasteiger partial charge in [0.25, 0.3) is 0 Å². The summed E-state index contributed by atoms with van der Waals surface area (Å²) >= 11 is 0. The minimum absolute atomic E-state index is 0.0719. The average molecular weight is 591 g/mol. The van der Waals surface area contributed by atoms with E-state index in [0.717, 1.165) is 62.1 Å². The fourth-order valence-electron chi connectivity index (χ4n) is 5.80. The maximum Gasteiger partial charge on any atom is 0.159 e. The van der Waals surface area contributed by atoms with Crippen LogP contribution in [-0.4, -0.2) is 52.2 Å². The smallest absolute Gasteiger partial charge is 0.159 e. The summed E-state index contributed by atoms with van der Waals surface area (Å²) < 4.78 is 6.06. The lowest BCUT2D eigenvalue weighted by Gasteiger charge is -2.34. The molecule has 44 heavy (non-hydrogen) atoms. The lowest BCUT2D eigenvalue weighted by atomic mass is 9.92. The van der Waals surface area contributed by atoms with Crippen molar-refractivity contribution in [2.75, 3.05) is 26.2 Å². The SMILES string of the molecule is C=C(CCCN1CCC(COc2cnc(-c3cccc(CN4NC(C5=CC(C#CC)CC=C5)C=CC4=C)c3)nc2)CC1)N=O. The lowest BCUT2D eigenvalue weighted by molar-refractivity contribution is 0.140. The largest absolute Gasteiger partial charge is 0.490 e. The molecule has 1 fully saturated rings. The normalized spacial score (nSPS) is 20.5. The predicted molar refractivity (Wildman–Crippen MR) is 176 cm³/mol. The minimum atomic E-state index is 0.0719. The Kier molecular flexibility index (Phi) is 10.9. The molecule has 8 nitrogen and oxygen atoms in total. The molecule has 0 radical (unpaired) electrons. The van der Waals surface area contributed by atoms with Crippen molar-refractivity contribution in [1.82, 2.24) is 25.3 Å². The number of hydrazine groups is 1. The van der Waals surface area contributed by atoms with Gasteiger partial charge in [-0.05, 0) is 93.0 Å². The summed E-state index contributed by atoms with van der Waals surface area (Å²) in [6, 6.07) is 8.39. The van der Waals surface area contributed by atoms with Gasteiger partial charge in [0.05, 0.1) is 37.3 Å². The first-order valence-electron chi connectivity index (χ1n) is 15.5. The zero-order chi connectivity index (χ0) is 30.7. The number of hydrogen-bond acceptors (Lipinski definition) is 8. The van der Waals surface area contributed by atoms with Crippen LogP contribution in [0.1, 0.15) is 44.6 Å². The van der Waals surface area contributed by atoms with Crippen LogP contribution >= 0.6 is 0 Å². The topological polar surface area (TPSA) is 82.9 Å². The van der Waals surface area contributed by atoms with Crippen LogP contribution in [0.5, 0.6) is 5.75 Å². The Morgan fingerprint density at radius 3 is 2.80 bits per heavy atom. The number of ether oxygens (including phenoxy) is 1. The summed E-state index contributed by atoms with van der Waals surface area (Å²) in [6.45, 7) is 14.2. The van der Waals surface area contributed by atoms with Crippen molar-refractivity contribution in [2.45, 2.75) is 51.6 Å². The number of nitrogens with one attached hydrogen (secondary N) is 1. The number of nitrogens with zero attached hydrogens (tertiary/aromatic N) is 5. The Labute approximate surface area is 261 Å². The van der Waals surface area contributed by atoms with E-state index in [0.29, 0.717) is 42.8 Å². The molecular formula is C36H42N6O2. The molecular weight excluding hydrogens is 548 g/mol. The van der Waals surface area contributed by atoms with Crippen LogP contribution in [0.3, 0.4) is 0 Å². The first-order valence-corrected chi connectivity index (χ1v) is 15.5. The molecule has 2 aromatic rings. The van der Waals surface area contributed by atoms with Crippen LogP contribution < -0.4 is 10.2 Å². The quantitative estimate of drug-likeness (QED) is 0.221. The first kappa shape index (κ1) is 31.1. The molecule has 2 unspecified atom stereocenters. The van der Waals surface area contributed by atoms with Gasteiger partial charge in [0.2, 0.25) is 0 Å². The van der Waals surface area contributed by atoms with Crippen LogP contribution in [0.15, 0.2) is 102 Å². The van der Waals surface area contributed by atoms with Crippen LogP contribution in [0.2, 0.25) is 0 Å². The summed E-state index contributed by atoms with van der Waals surface area (Å²) in [4.78, 5) is 22.1. The summed E-state index contributed by atoms with van der Waals surface area (Å²) in [7, 11) is 0. The Morgan fingerprint density at radius 2 is 2.02 bits per heavy atom. The van der Waals surface area contributed by atoms with E-state index in [1.54, 1.807) is 12.4 Å². The van der Waals surface area contributed by atoms with Gasteiger partial charge in [0, 0.05) is 17.2 Å². The molecule has 8 heteroatoms. The minimum Gasteiger partial charge on any atom is -0.490 e. The van der Waals surface area contributed by atoms with Crippen molar-refractivity contribution >= 4 is 0 Å². The Morgan fingerprint density at radius 1 is 1.20 bits per heavy atom. The van der Waals surface area contributed by atoms with E-state index in [-0.39, 0.29) is 12.0 Å². The van der Waals surface area contributed by atoms with Crippen molar-refractivity contribution in [3.8, 4) is 29.0 Å². The highest BCUT2D eigenvalue weighted by Gasteiger charge is 2.22. The summed E-state index contributed by atoms with van der Waals surface area (Å²) in [5, 5.41) is 5.00. The molecule has 1 aromatic carbocycles.